The first kappa shape index (κ1) is 16.9. The van der Waals surface area contributed by atoms with Crippen LogP contribution in [0.25, 0.3) is 0 Å². The van der Waals surface area contributed by atoms with Gasteiger partial charge in [0, 0.05) is 17.3 Å². The van der Waals surface area contributed by atoms with Crippen LogP contribution >= 0.6 is 0 Å². The molecule has 0 saturated heterocycles. The molecule has 0 aromatic carbocycles. The Balaban J connectivity index is 3.35. The largest absolute Gasteiger partial charge is 0.574 e. The van der Waals surface area contributed by atoms with Crippen molar-refractivity contribution in [2.75, 3.05) is 12.8 Å². The molecule has 11 heteroatoms. The molecule has 21 heavy (non-hydrogen) atoms. The molecular formula is C10H8F6N2O3. The van der Waals surface area contributed by atoms with Gasteiger partial charge in [-0.2, -0.15) is 13.2 Å². The number of rotatable bonds is 3. The van der Waals surface area contributed by atoms with Gasteiger partial charge in [-0.15, -0.1) is 13.2 Å². The van der Waals surface area contributed by atoms with E-state index in [4.69, 9.17) is 5.73 Å². The Hall–Kier alpha value is -2.20. The molecule has 0 spiro atoms. The topological polar surface area (TPSA) is 74.4 Å². The number of aromatic nitrogens is 1. The monoisotopic (exact) mass is 318 g/mol. The SMILES string of the molecule is COC(=O)Cc1c(N)cc(OC(F)(F)F)nc1C(F)(F)F. The van der Waals surface area contributed by atoms with Crippen LogP contribution < -0.4 is 10.5 Å². The number of hydrogen-bond acceptors (Lipinski definition) is 5. The van der Waals surface area contributed by atoms with Crippen molar-refractivity contribution in [1.29, 1.82) is 0 Å². The highest BCUT2D eigenvalue weighted by atomic mass is 19.4. The number of pyridine rings is 1. The summed E-state index contributed by atoms with van der Waals surface area (Å²) in [7, 11) is 0.931. The predicted octanol–water partition coefficient (Wildman–Crippen LogP) is 2.30. The summed E-state index contributed by atoms with van der Waals surface area (Å²) < 4.78 is 81.9. The minimum Gasteiger partial charge on any atom is -0.469 e. The fourth-order valence-corrected chi connectivity index (χ4v) is 1.37. The number of nitrogens with zero attached hydrogens (tertiary/aromatic N) is 1. The molecule has 0 aliphatic heterocycles. The molecule has 0 saturated carbocycles. The van der Waals surface area contributed by atoms with Gasteiger partial charge in [0.05, 0.1) is 13.5 Å². The van der Waals surface area contributed by atoms with Crippen molar-refractivity contribution in [1.82, 2.24) is 4.98 Å². The molecule has 1 aromatic heterocycles. The average molecular weight is 318 g/mol. The summed E-state index contributed by atoms with van der Waals surface area (Å²) in [6.07, 6.45) is -11.2. The average Bonchev–Trinajstić information content (AvgIpc) is 2.28. The molecule has 0 atom stereocenters. The fourth-order valence-electron chi connectivity index (χ4n) is 1.37. The summed E-state index contributed by atoms with van der Waals surface area (Å²) in [5.74, 6) is -2.43. The summed E-state index contributed by atoms with van der Waals surface area (Å²) in [5, 5.41) is 0. The third kappa shape index (κ3) is 4.68. The molecule has 0 aliphatic carbocycles. The van der Waals surface area contributed by atoms with Crippen molar-refractivity contribution in [3.8, 4) is 5.88 Å². The fraction of sp³-hybridized carbons (Fsp3) is 0.400. The molecule has 1 heterocycles. The summed E-state index contributed by atoms with van der Waals surface area (Å²) in [6.45, 7) is 0. The van der Waals surface area contributed by atoms with Crippen molar-refractivity contribution >= 4 is 11.7 Å². The lowest BCUT2D eigenvalue weighted by atomic mass is 10.1. The summed E-state index contributed by atoms with van der Waals surface area (Å²) in [6, 6.07) is 0.445. The zero-order valence-corrected chi connectivity index (χ0v) is 10.3. The van der Waals surface area contributed by atoms with Crippen LogP contribution in [0.3, 0.4) is 0 Å². The van der Waals surface area contributed by atoms with Crippen LogP contribution in [-0.4, -0.2) is 24.4 Å². The second-order valence-corrected chi connectivity index (χ2v) is 3.68. The Kier molecular flexibility index (Phi) is 4.54. The number of halogens is 6. The van der Waals surface area contributed by atoms with Gasteiger partial charge in [-0.3, -0.25) is 4.79 Å². The van der Waals surface area contributed by atoms with E-state index < -0.39 is 47.8 Å². The quantitative estimate of drug-likeness (QED) is 0.684. The Labute approximate surface area is 113 Å². The Morgan fingerprint density at radius 2 is 1.86 bits per heavy atom. The number of hydrogen-bond donors (Lipinski definition) is 1. The van der Waals surface area contributed by atoms with E-state index in [2.05, 4.69) is 14.5 Å². The minimum absolute atomic E-state index is 0.445. The van der Waals surface area contributed by atoms with E-state index >= 15 is 0 Å². The van der Waals surface area contributed by atoms with E-state index in [1.165, 1.54) is 0 Å². The maximum Gasteiger partial charge on any atom is 0.574 e. The lowest BCUT2D eigenvalue weighted by molar-refractivity contribution is -0.276. The zero-order chi connectivity index (χ0) is 16.4. The Morgan fingerprint density at radius 1 is 1.29 bits per heavy atom. The maximum atomic E-state index is 12.8. The minimum atomic E-state index is -5.23. The van der Waals surface area contributed by atoms with Crippen LogP contribution in [0, 0.1) is 0 Å². The second-order valence-electron chi connectivity index (χ2n) is 3.68. The molecule has 0 aliphatic rings. The summed E-state index contributed by atoms with van der Waals surface area (Å²) in [4.78, 5) is 13.8. The van der Waals surface area contributed by atoms with Crippen LogP contribution in [0.2, 0.25) is 0 Å². The molecule has 118 valence electrons. The van der Waals surface area contributed by atoms with Gasteiger partial charge in [0.15, 0.2) is 5.69 Å². The van der Waals surface area contributed by atoms with Crippen molar-refractivity contribution in [3.63, 3.8) is 0 Å². The number of anilines is 1. The van der Waals surface area contributed by atoms with Crippen molar-refractivity contribution in [2.45, 2.75) is 19.0 Å². The third-order valence-corrected chi connectivity index (χ3v) is 2.17. The van der Waals surface area contributed by atoms with Crippen LogP contribution in [0.4, 0.5) is 32.0 Å². The van der Waals surface area contributed by atoms with Gasteiger partial charge in [-0.05, 0) is 0 Å². The molecule has 0 amide bonds. The van der Waals surface area contributed by atoms with Crippen LogP contribution in [0.5, 0.6) is 5.88 Å². The molecular weight excluding hydrogens is 310 g/mol. The highest BCUT2D eigenvalue weighted by Crippen LogP contribution is 2.36. The molecule has 1 rings (SSSR count). The number of nitrogen functional groups attached to an aromatic ring is 1. The van der Waals surface area contributed by atoms with E-state index in [-0.39, 0.29) is 0 Å². The molecule has 0 unspecified atom stereocenters. The van der Waals surface area contributed by atoms with Gasteiger partial charge in [0.25, 0.3) is 0 Å². The second kappa shape index (κ2) is 5.66. The highest BCUT2D eigenvalue weighted by Gasteiger charge is 2.39. The molecule has 5 nitrogen and oxygen atoms in total. The lowest BCUT2D eigenvalue weighted by Gasteiger charge is -2.16. The van der Waals surface area contributed by atoms with Crippen molar-refractivity contribution in [3.05, 3.63) is 17.3 Å². The van der Waals surface area contributed by atoms with Crippen LogP contribution in [0.1, 0.15) is 11.3 Å². The first-order chi connectivity index (χ1) is 9.44. The zero-order valence-electron chi connectivity index (χ0n) is 10.3. The molecule has 0 fully saturated rings. The molecule has 2 N–H and O–H groups in total. The Bertz CT molecular complexity index is 541. The first-order valence-corrected chi connectivity index (χ1v) is 5.13. The van der Waals surface area contributed by atoms with Gasteiger partial charge in [0.1, 0.15) is 0 Å². The molecule has 0 radical (unpaired) electrons. The normalized spacial score (nSPS) is 12.1. The van der Waals surface area contributed by atoms with Gasteiger partial charge >= 0.3 is 18.5 Å². The van der Waals surface area contributed by atoms with Gasteiger partial charge < -0.3 is 15.2 Å². The standard InChI is InChI=1S/C10H8F6N2O3/c1-20-7(19)2-4-5(17)3-6(21-10(14,15)16)18-8(4)9(11,12)13/h3H,2H2,1H3,(H2,17,18). The number of methoxy groups -OCH3 is 1. The van der Waals surface area contributed by atoms with Crippen molar-refractivity contribution in [2.24, 2.45) is 0 Å². The summed E-state index contributed by atoms with van der Waals surface area (Å²) >= 11 is 0. The molecule has 0 bridgehead atoms. The van der Waals surface area contributed by atoms with Crippen LogP contribution in [-0.2, 0) is 22.1 Å². The Morgan fingerprint density at radius 3 is 2.29 bits per heavy atom. The van der Waals surface area contributed by atoms with Gasteiger partial charge in [0.2, 0.25) is 5.88 Å². The van der Waals surface area contributed by atoms with E-state index in [1.807, 2.05) is 0 Å². The van der Waals surface area contributed by atoms with Gasteiger partial charge in [-0.25, -0.2) is 4.98 Å². The lowest BCUT2D eigenvalue weighted by Crippen LogP contribution is -2.22. The smallest absolute Gasteiger partial charge is 0.469 e. The van der Waals surface area contributed by atoms with E-state index in [9.17, 15) is 31.1 Å². The number of esters is 1. The number of carbonyl (C=O) groups is 1. The number of ether oxygens (including phenoxy) is 2. The molecule has 1 aromatic rings. The highest BCUT2D eigenvalue weighted by molar-refractivity contribution is 5.75. The van der Waals surface area contributed by atoms with Gasteiger partial charge in [-0.1, -0.05) is 0 Å². The number of nitrogens with two attached hydrogens (primary N) is 1. The van der Waals surface area contributed by atoms with E-state index in [0.717, 1.165) is 7.11 Å². The third-order valence-electron chi connectivity index (χ3n) is 2.17. The van der Waals surface area contributed by atoms with E-state index in [0.29, 0.717) is 6.07 Å². The number of carbonyl (C=O) groups excluding carboxylic acids is 1. The predicted molar refractivity (Wildman–Crippen MR) is 56.1 cm³/mol. The maximum absolute atomic E-state index is 12.8. The van der Waals surface area contributed by atoms with Crippen molar-refractivity contribution < 1.29 is 40.6 Å². The van der Waals surface area contributed by atoms with Crippen LogP contribution in [0.15, 0.2) is 6.07 Å². The number of alkyl halides is 6. The first-order valence-electron chi connectivity index (χ1n) is 5.13. The van der Waals surface area contributed by atoms with E-state index in [1.54, 1.807) is 0 Å². The summed E-state index contributed by atoms with van der Waals surface area (Å²) in [5.41, 5.74) is 1.99.